The maximum absolute atomic E-state index is 11.7. The van der Waals surface area contributed by atoms with Gasteiger partial charge in [0.25, 0.3) is 6.47 Å². The number of carboxylic acids is 1. The summed E-state index contributed by atoms with van der Waals surface area (Å²) in [6.07, 6.45) is 4.58. The molecule has 0 spiro atoms. The first kappa shape index (κ1) is 37.5. The number of carbonyl (C=O) groups is 3. The summed E-state index contributed by atoms with van der Waals surface area (Å²) in [5.41, 5.74) is 5.93. The van der Waals surface area contributed by atoms with E-state index in [1.165, 1.54) is 0 Å². The lowest BCUT2D eigenvalue weighted by molar-refractivity contribution is -0.142. The number of pyridine rings is 2. The van der Waals surface area contributed by atoms with Crippen molar-refractivity contribution in [1.82, 2.24) is 25.5 Å². The zero-order valence-electron chi connectivity index (χ0n) is 28.2. The molecule has 2 aliphatic rings. The van der Waals surface area contributed by atoms with E-state index in [0.29, 0.717) is 71.1 Å². The predicted molar refractivity (Wildman–Crippen MR) is 194 cm³/mol. The quantitative estimate of drug-likeness (QED) is 0.128. The second-order valence-electron chi connectivity index (χ2n) is 12.1. The van der Waals surface area contributed by atoms with Crippen LogP contribution in [-0.4, -0.2) is 82.8 Å². The van der Waals surface area contributed by atoms with Gasteiger partial charge in [-0.2, -0.15) is 0 Å². The molecule has 51 heavy (non-hydrogen) atoms. The Kier molecular flexibility index (Phi) is 12.8. The molecule has 2 saturated heterocycles. The number of benzene rings is 2. The van der Waals surface area contributed by atoms with Crippen LogP contribution in [0.2, 0.25) is 10.0 Å². The SMILES string of the molecule is COc1cc(-c2nccc(-c3cccc(-c4ccc(CNC[C@@H]5CCC(=O)N5)c(OC)n4)c3Cl)c2Cl)ccc1CN1CCC[C@H]1C(=O)O.O=CO. The fourth-order valence-electron chi connectivity index (χ4n) is 6.47. The molecule has 0 saturated carbocycles. The molecule has 0 bridgehead atoms. The first-order valence-corrected chi connectivity index (χ1v) is 17.1. The summed E-state index contributed by atoms with van der Waals surface area (Å²) in [6.45, 7) is 2.16. The average molecular weight is 737 g/mol. The van der Waals surface area contributed by atoms with Gasteiger partial charge in [0.05, 0.1) is 35.7 Å². The van der Waals surface area contributed by atoms with Crippen LogP contribution in [0.15, 0.2) is 60.8 Å². The molecule has 2 atom stereocenters. The van der Waals surface area contributed by atoms with E-state index in [4.69, 9.17) is 47.6 Å². The number of methoxy groups -OCH3 is 2. The average Bonchev–Trinajstić information content (AvgIpc) is 3.78. The third-order valence-corrected chi connectivity index (χ3v) is 9.75. The number of amides is 1. The van der Waals surface area contributed by atoms with Crippen LogP contribution in [0.4, 0.5) is 0 Å². The Balaban J connectivity index is 0.00000162. The van der Waals surface area contributed by atoms with Crippen LogP contribution in [0.5, 0.6) is 11.6 Å². The Morgan fingerprint density at radius 2 is 1.78 bits per heavy atom. The van der Waals surface area contributed by atoms with Gasteiger partial charge >= 0.3 is 5.97 Å². The molecule has 4 N–H and O–H groups in total. The zero-order chi connectivity index (χ0) is 36.5. The van der Waals surface area contributed by atoms with E-state index in [1.54, 1.807) is 20.4 Å². The third kappa shape index (κ3) is 8.77. The second-order valence-corrected chi connectivity index (χ2v) is 12.8. The minimum atomic E-state index is -0.800. The largest absolute Gasteiger partial charge is 0.496 e. The summed E-state index contributed by atoms with van der Waals surface area (Å²) < 4.78 is 11.4. The van der Waals surface area contributed by atoms with Crippen molar-refractivity contribution in [2.45, 2.75) is 50.9 Å². The highest BCUT2D eigenvalue weighted by Crippen LogP contribution is 2.42. The van der Waals surface area contributed by atoms with Crippen LogP contribution in [0.3, 0.4) is 0 Å². The second kappa shape index (κ2) is 17.5. The van der Waals surface area contributed by atoms with Gasteiger partial charge in [0.1, 0.15) is 11.8 Å². The van der Waals surface area contributed by atoms with Crippen molar-refractivity contribution in [2.75, 3.05) is 27.3 Å². The van der Waals surface area contributed by atoms with Crippen molar-refractivity contribution in [3.8, 4) is 45.3 Å². The van der Waals surface area contributed by atoms with Crippen molar-refractivity contribution in [3.05, 3.63) is 82.0 Å². The number of likely N-dealkylation sites (tertiary alicyclic amines) is 1. The number of nitrogens with one attached hydrogen (secondary N) is 2. The van der Waals surface area contributed by atoms with Crippen molar-refractivity contribution in [3.63, 3.8) is 0 Å². The molecule has 2 aromatic carbocycles. The molecule has 2 fully saturated rings. The molecule has 14 heteroatoms. The van der Waals surface area contributed by atoms with Gasteiger partial charge in [-0.05, 0) is 44.0 Å². The molecule has 4 aromatic rings. The molecule has 0 unspecified atom stereocenters. The Morgan fingerprint density at radius 1 is 1.04 bits per heavy atom. The Bertz CT molecular complexity index is 1890. The molecule has 2 aliphatic heterocycles. The molecule has 1 amide bonds. The lowest BCUT2D eigenvalue weighted by Crippen LogP contribution is -2.35. The van der Waals surface area contributed by atoms with E-state index in [2.05, 4.69) is 15.6 Å². The van der Waals surface area contributed by atoms with E-state index in [9.17, 15) is 14.7 Å². The smallest absolute Gasteiger partial charge is 0.320 e. The number of carboxylic acid groups (broad SMARTS) is 2. The van der Waals surface area contributed by atoms with Crippen molar-refractivity contribution in [1.29, 1.82) is 0 Å². The summed E-state index contributed by atoms with van der Waals surface area (Å²) in [5, 5.41) is 23.8. The molecule has 12 nitrogen and oxygen atoms in total. The highest BCUT2D eigenvalue weighted by molar-refractivity contribution is 6.39. The van der Waals surface area contributed by atoms with Gasteiger partial charge in [-0.3, -0.25) is 24.3 Å². The maximum atomic E-state index is 11.7. The van der Waals surface area contributed by atoms with Gasteiger partial charge < -0.3 is 30.3 Å². The lowest BCUT2D eigenvalue weighted by Gasteiger charge is -2.22. The van der Waals surface area contributed by atoms with Crippen LogP contribution in [0.25, 0.3) is 33.6 Å². The number of hydrogen-bond acceptors (Lipinski definition) is 9. The molecule has 2 aromatic heterocycles. The molecule has 268 valence electrons. The number of nitrogens with zero attached hydrogens (tertiary/aromatic N) is 3. The number of carbonyl (C=O) groups excluding carboxylic acids is 1. The van der Waals surface area contributed by atoms with E-state index in [1.807, 2.05) is 59.5 Å². The number of rotatable bonds is 12. The van der Waals surface area contributed by atoms with Crippen molar-refractivity contribution < 1.29 is 34.1 Å². The van der Waals surface area contributed by atoms with Crippen LogP contribution in [0.1, 0.15) is 36.8 Å². The first-order valence-electron chi connectivity index (χ1n) is 16.4. The number of halogens is 2. The maximum Gasteiger partial charge on any atom is 0.320 e. The molecular weight excluding hydrogens is 697 g/mol. The van der Waals surface area contributed by atoms with Gasteiger partial charge in [-0.25, -0.2) is 4.98 Å². The summed E-state index contributed by atoms with van der Waals surface area (Å²) in [7, 11) is 3.19. The summed E-state index contributed by atoms with van der Waals surface area (Å²) in [6, 6.07) is 16.8. The van der Waals surface area contributed by atoms with Crippen LogP contribution in [-0.2, 0) is 27.5 Å². The lowest BCUT2D eigenvalue weighted by atomic mass is 9.99. The molecule has 4 heterocycles. The Labute approximate surface area is 305 Å². The summed E-state index contributed by atoms with van der Waals surface area (Å²) in [4.78, 5) is 42.9. The van der Waals surface area contributed by atoms with Gasteiger partial charge in [0, 0.05) is 71.7 Å². The van der Waals surface area contributed by atoms with Gasteiger partial charge in [-0.1, -0.05) is 59.6 Å². The highest BCUT2D eigenvalue weighted by Gasteiger charge is 2.31. The van der Waals surface area contributed by atoms with Crippen LogP contribution < -0.4 is 20.1 Å². The number of aliphatic carboxylic acids is 1. The minimum Gasteiger partial charge on any atom is -0.496 e. The molecular formula is C37H39Cl2N5O7. The van der Waals surface area contributed by atoms with E-state index < -0.39 is 12.0 Å². The normalized spacial score (nSPS) is 17.0. The molecule has 6 rings (SSSR count). The summed E-state index contributed by atoms with van der Waals surface area (Å²) >= 11 is 14.1. The number of hydrogen-bond donors (Lipinski definition) is 4. The first-order chi connectivity index (χ1) is 24.7. The molecule has 0 radical (unpaired) electrons. The Hall–Kier alpha value is -4.75. The van der Waals surface area contributed by atoms with Crippen LogP contribution in [0, 0.1) is 0 Å². The standard InChI is InChI=1S/C36H37Cl2N5O5.CH2O2/c1-47-30-17-21(8-9-23(30)20-43-16-4-7-29(43)36(45)46)34-33(38)26(14-15-40-34)25-5-3-6-27(32(25)37)28-12-10-22(35(42-28)48-2)18-39-19-24-11-13-31(44)41-24;2-1-3/h3,5-6,8-10,12,14-15,17,24,29,39H,4,7,11,13,16,18-20H2,1-2H3,(H,41,44)(H,45,46);1H,(H,2,3)/t24-,29-;/m0./s1. The van der Waals surface area contributed by atoms with E-state index >= 15 is 0 Å². The van der Waals surface area contributed by atoms with Crippen LogP contribution >= 0.6 is 23.2 Å². The predicted octanol–water partition coefficient (Wildman–Crippen LogP) is 5.92. The van der Waals surface area contributed by atoms with Gasteiger partial charge in [0.2, 0.25) is 11.8 Å². The fraction of sp³-hybridized carbons (Fsp3) is 0.324. The van der Waals surface area contributed by atoms with Crippen molar-refractivity contribution in [2.24, 2.45) is 0 Å². The summed E-state index contributed by atoms with van der Waals surface area (Å²) in [5.74, 6) is 0.415. The monoisotopic (exact) mass is 735 g/mol. The minimum absolute atomic E-state index is 0.0922. The fourth-order valence-corrected chi connectivity index (χ4v) is 7.12. The Morgan fingerprint density at radius 3 is 2.49 bits per heavy atom. The zero-order valence-corrected chi connectivity index (χ0v) is 29.7. The third-order valence-electron chi connectivity index (χ3n) is 8.96. The van der Waals surface area contributed by atoms with Crippen molar-refractivity contribution >= 4 is 41.6 Å². The molecule has 0 aliphatic carbocycles. The number of ether oxygens (including phenoxy) is 2. The highest BCUT2D eigenvalue weighted by atomic mass is 35.5. The van der Waals surface area contributed by atoms with E-state index in [0.717, 1.165) is 47.2 Å². The number of aromatic nitrogens is 2. The van der Waals surface area contributed by atoms with E-state index in [-0.39, 0.29) is 18.4 Å². The van der Waals surface area contributed by atoms with Gasteiger partial charge in [0.15, 0.2) is 0 Å². The van der Waals surface area contributed by atoms with Gasteiger partial charge in [-0.15, -0.1) is 0 Å². The topological polar surface area (TPSA) is 163 Å².